The molecule has 6 nitrogen and oxygen atoms in total. The summed E-state index contributed by atoms with van der Waals surface area (Å²) < 4.78 is 39.8. The number of alkyl halides is 3. The second kappa shape index (κ2) is 8.68. The van der Waals surface area contributed by atoms with Crippen LogP contribution in [0.15, 0.2) is 66.7 Å². The Morgan fingerprint density at radius 2 is 1.94 bits per heavy atom. The van der Waals surface area contributed by atoms with Gasteiger partial charge in [0.15, 0.2) is 0 Å². The van der Waals surface area contributed by atoms with Crippen LogP contribution >= 0.6 is 11.3 Å². The number of hydrogen-bond donors (Lipinski definition) is 1. The fourth-order valence-corrected chi connectivity index (χ4v) is 3.64. The predicted octanol–water partition coefficient (Wildman–Crippen LogP) is 4.27. The molecule has 4 aromatic rings. The topological polar surface area (TPSA) is 72.7 Å². The fraction of sp³-hybridized carbons (Fsp3) is 0.143. The van der Waals surface area contributed by atoms with Crippen molar-refractivity contribution >= 4 is 17.2 Å². The first-order chi connectivity index (χ1) is 14.9. The van der Waals surface area contributed by atoms with E-state index in [4.69, 9.17) is 0 Å². The van der Waals surface area contributed by atoms with Crippen molar-refractivity contribution in [2.45, 2.75) is 19.1 Å². The molecule has 3 heterocycles. The summed E-state index contributed by atoms with van der Waals surface area (Å²) in [7, 11) is 0. The van der Waals surface area contributed by atoms with E-state index in [1.54, 1.807) is 34.9 Å². The SMILES string of the molecule is O=C(Cc1csc(-c2ccc(C(F)(F)F)cc2)n1)NCc1ccc(-n2ccnc2)nc1. The van der Waals surface area contributed by atoms with Crippen molar-refractivity contribution in [2.24, 2.45) is 0 Å². The summed E-state index contributed by atoms with van der Waals surface area (Å²) in [6.07, 6.45) is 2.49. The average Bonchev–Trinajstić information content (AvgIpc) is 3.45. The number of halogens is 3. The van der Waals surface area contributed by atoms with E-state index in [2.05, 4.69) is 20.3 Å². The zero-order valence-corrected chi connectivity index (χ0v) is 16.8. The molecule has 4 rings (SSSR count). The van der Waals surface area contributed by atoms with Crippen LogP contribution in [-0.2, 0) is 23.9 Å². The predicted molar refractivity (Wildman–Crippen MR) is 109 cm³/mol. The summed E-state index contributed by atoms with van der Waals surface area (Å²) >= 11 is 1.28. The molecule has 31 heavy (non-hydrogen) atoms. The lowest BCUT2D eigenvalue weighted by Gasteiger charge is -2.06. The fourth-order valence-electron chi connectivity index (χ4n) is 2.82. The number of rotatable bonds is 6. The van der Waals surface area contributed by atoms with Gasteiger partial charge < -0.3 is 5.32 Å². The van der Waals surface area contributed by atoms with Gasteiger partial charge in [0.05, 0.1) is 17.7 Å². The molecular formula is C21H16F3N5OS. The molecule has 0 bridgehead atoms. The van der Waals surface area contributed by atoms with Crippen LogP contribution in [0.2, 0.25) is 0 Å². The lowest BCUT2D eigenvalue weighted by Crippen LogP contribution is -2.24. The minimum atomic E-state index is -4.38. The molecular weight excluding hydrogens is 427 g/mol. The van der Waals surface area contributed by atoms with Gasteiger partial charge in [-0.15, -0.1) is 11.3 Å². The van der Waals surface area contributed by atoms with Gasteiger partial charge in [0.2, 0.25) is 5.91 Å². The van der Waals surface area contributed by atoms with Gasteiger partial charge >= 0.3 is 6.18 Å². The van der Waals surface area contributed by atoms with Gasteiger partial charge in [0.25, 0.3) is 0 Å². The van der Waals surface area contributed by atoms with Crippen molar-refractivity contribution in [2.75, 3.05) is 0 Å². The molecule has 0 aliphatic carbocycles. The van der Waals surface area contributed by atoms with Crippen LogP contribution in [-0.4, -0.2) is 25.4 Å². The molecule has 0 spiro atoms. The van der Waals surface area contributed by atoms with E-state index in [0.717, 1.165) is 23.5 Å². The minimum absolute atomic E-state index is 0.0810. The first-order valence-electron chi connectivity index (χ1n) is 9.20. The van der Waals surface area contributed by atoms with E-state index in [1.807, 2.05) is 12.1 Å². The second-order valence-corrected chi connectivity index (χ2v) is 7.53. The largest absolute Gasteiger partial charge is 0.416 e. The maximum absolute atomic E-state index is 12.7. The van der Waals surface area contributed by atoms with Gasteiger partial charge in [-0.2, -0.15) is 13.2 Å². The van der Waals surface area contributed by atoms with Crippen LogP contribution < -0.4 is 5.32 Å². The van der Waals surface area contributed by atoms with Crippen molar-refractivity contribution in [1.82, 2.24) is 24.8 Å². The molecule has 3 aromatic heterocycles. The van der Waals surface area contributed by atoms with E-state index < -0.39 is 11.7 Å². The Morgan fingerprint density at radius 3 is 2.58 bits per heavy atom. The first-order valence-corrected chi connectivity index (χ1v) is 10.1. The molecule has 0 radical (unpaired) electrons. The Morgan fingerprint density at radius 1 is 1.13 bits per heavy atom. The third-order valence-electron chi connectivity index (χ3n) is 4.42. The second-order valence-electron chi connectivity index (χ2n) is 6.67. The smallest absolute Gasteiger partial charge is 0.352 e. The lowest BCUT2D eigenvalue weighted by molar-refractivity contribution is -0.137. The van der Waals surface area contributed by atoms with Gasteiger partial charge in [-0.25, -0.2) is 15.0 Å². The van der Waals surface area contributed by atoms with Crippen LogP contribution in [0.3, 0.4) is 0 Å². The number of nitrogens with zero attached hydrogens (tertiary/aromatic N) is 4. The molecule has 0 saturated carbocycles. The van der Waals surface area contributed by atoms with E-state index in [1.165, 1.54) is 23.5 Å². The van der Waals surface area contributed by atoms with Crippen LogP contribution in [0.4, 0.5) is 13.2 Å². The Balaban J connectivity index is 1.32. The van der Waals surface area contributed by atoms with Gasteiger partial charge in [0, 0.05) is 36.1 Å². The lowest BCUT2D eigenvalue weighted by atomic mass is 10.1. The number of carbonyl (C=O) groups excluding carboxylic acids is 1. The Kier molecular flexibility index (Phi) is 5.81. The van der Waals surface area contributed by atoms with Crippen molar-refractivity contribution in [3.8, 4) is 16.4 Å². The highest BCUT2D eigenvalue weighted by molar-refractivity contribution is 7.13. The van der Waals surface area contributed by atoms with Gasteiger partial charge in [-0.05, 0) is 23.8 Å². The first kappa shape index (κ1) is 20.7. The molecule has 1 aromatic carbocycles. The molecule has 1 amide bonds. The zero-order valence-electron chi connectivity index (χ0n) is 16.0. The van der Waals surface area contributed by atoms with Gasteiger partial charge in [-0.1, -0.05) is 18.2 Å². The van der Waals surface area contributed by atoms with Gasteiger partial charge in [0.1, 0.15) is 17.2 Å². The molecule has 0 atom stereocenters. The third kappa shape index (κ3) is 5.15. The summed E-state index contributed by atoms with van der Waals surface area (Å²) in [5.41, 5.74) is 1.28. The molecule has 158 valence electrons. The Labute approximate surface area is 179 Å². The summed E-state index contributed by atoms with van der Waals surface area (Å²) in [6, 6.07) is 8.51. The van der Waals surface area contributed by atoms with Crippen LogP contribution in [0.25, 0.3) is 16.4 Å². The van der Waals surface area contributed by atoms with Gasteiger partial charge in [-0.3, -0.25) is 9.36 Å². The maximum Gasteiger partial charge on any atom is 0.416 e. The highest BCUT2D eigenvalue weighted by Crippen LogP contribution is 2.31. The monoisotopic (exact) mass is 443 g/mol. The van der Waals surface area contributed by atoms with Crippen molar-refractivity contribution < 1.29 is 18.0 Å². The quantitative estimate of drug-likeness (QED) is 0.483. The molecule has 0 aliphatic rings. The van der Waals surface area contributed by atoms with E-state index in [9.17, 15) is 18.0 Å². The summed E-state index contributed by atoms with van der Waals surface area (Å²) in [5.74, 6) is 0.522. The number of nitrogens with one attached hydrogen (secondary N) is 1. The number of imidazole rings is 1. The number of amides is 1. The molecule has 0 unspecified atom stereocenters. The van der Waals surface area contributed by atoms with Crippen molar-refractivity contribution in [3.05, 3.63) is 83.5 Å². The molecule has 0 fully saturated rings. The zero-order chi connectivity index (χ0) is 21.8. The highest BCUT2D eigenvalue weighted by Gasteiger charge is 2.30. The normalized spacial score (nSPS) is 11.5. The van der Waals surface area contributed by atoms with E-state index in [0.29, 0.717) is 22.8 Å². The van der Waals surface area contributed by atoms with Crippen molar-refractivity contribution in [3.63, 3.8) is 0 Å². The molecule has 0 saturated heterocycles. The standard InChI is InChI=1S/C21H16F3N5OS/c22-21(23,24)16-4-2-15(3-5-16)20-28-17(12-31-20)9-19(30)27-11-14-1-6-18(26-10-14)29-8-7-25-13-29/h1-8,10,12-13H,9,11H2,(H,27,30). The molecule has 10 heteroatoms. The highest BCUT2D eigenvalue weighted by atomic mass is 32.1. The summed E-state index contributed by atoms with van der Waals surface area (Å²) in [5, 5.41) is 5.11. The van der Waals surface area contributed by atoms with Crippen LogP contribution in [0.1, 0.15) is 16.8 Å². The minimum Gasteiger partial charge on any atom is -0.352 e. The molecule has 0 aliphatic heterocycles. The number of thiazole rings is 1. The van der Waals surface area contributed by atoms with Crippen LogP contribution in [0.5, 0.6) is 0 Å². The number of benzene rings is 1. The average molecular weight is 443 g/mol. The van der Waals surface area contributed by atoms with Crippen LogP contribution in [0, 0.1) is 0 Å². The Bertz CT molecular complexity index is 1150. The number of aromatic nitrogens is 4. The van der Waals surface area contributed by atoms with Crippen molar-refractivity contribution in [1.29, 1.82) is 0 Å². The summed E-state index contributed by atoms with van der Waals surface area (Å²) in [4.78, 5) is 24.9. The van der Waals surface area contributed by atoms with E-state index >= 15 is 0 Å². The number of carbonyl (C=O) groups is 1. The third-order valence-corrected chi connectivity index (χ3v) is 5.36. The number of pyridine rings is 1. The summed E-state index contributed by atoms with van der Waals surface area (Å²) in [6.45, 7) is 0.325. The maximum atomic E-state index is 12.7. The van der Waals surface area contributed by atoms with E-state index in [-0.39, 0.29) is 12.3 Å². The Hall–Kier alpha value is -3.53. The number of hydrogen-bond acceptors (Lipinski definition) is 5. The molecule has 1 N–H and O–H groups in total.